The first-order chi connectivity index (χ1) is 21.4. The smallest absolute Gasteiger partial charge is 0.318 e. The van der Waals surface area contributed by atoms with Crippen molar-refractivity contribution in [2.24, 2.45) is 5.92 Å². The molecular weight excluding hydrogens is 550 g/mol. The van der Waals surface area contributed by atoms with E-state index in [0.717, 1.165) is 49.0 Å². The van der Waals surface area contributed by atoms with Gasteiger partial charge in [0.1, 0.15) is 12.4 Å². The number of aromatic nitrogens is 2. The zero-order chi connectivity index (χ0) is 30.6. The lowest BCUT2D eigenvalue weighted by Crippen LogP contribution is -2.55. The lowest BCUT2D eigenvalue weighted by molar-refractivity contribution is -0.128. The van der Waals surface area contributed by atoms with Crippen LogP contribution >= 0.6 is 0 Å². The number of carbonyl (C=O) groups excluding carboxylic acids is 1. The summed E-state index contributed by atoms with van der Waals surface area (Å²) in [5.74, 6) is 1.55. The van der Waals surface area contributed by atoms with Crippen molar-refractivity contribution >= 4 is 28.2 Å². The van der Waals surface area contributed by atoms with Gasteiger partial charge < -0.3 is 24.3 Å². The van der Waals surface area contributed by atoms with E-state index in [0.29, 0.717) is 38.8 Å². The van der Waals surface area contributed by atoms with E-state index in [-0.39, 0.29) is 18.4 Å². The van der Waals surface area contributed by atoms with Gasteiger partial charge in [0.15, 0.2) is 0 Å². The van der Waals surface area contributed by atoms with E-state index in [2.05, 4.69) is 77.7 Å². The van der Waals surface area contributed by atoms with Gasteiger partial charge in [0.2, 0.25) is 5.91 Å². The molecule has 1 saturated carbocycles. The number of fused-ring (bicyclic) bond motifs is 2. The number of benzene rings is 2. The molecular formula is C35H43N7O2. The average Bonchev–Trinajstić information content (AvgIpc) is 3.02. The third kappa shape index (κ3) is 6.22. The molecule has 9 nitrogen and oxygen atoms in total. The van der Waals surface area contributed by atoms with Gasteiger partial charge in [-0.1, -0.05) is 43.3 Å². The Morgan fingerprint density at radius 2 is 1.98 bits per heavy atom. The summed E-state index contributed by atoms with van der Waals surface area (Å²) in [7, 11) is 2.16. The summed E-state index contributed by atoms with van der Waals surface area (Å²) >= 11 is 0. The molecule has 1 amide bonds. The maximum atomic E-state index is 12.6. The molecule has 2 aliphatic heterocycles. The van der Waals surface area contributed by atoms with Crippen LogP contribution in [-0.2, 0) is 17.8 Å². The molecule has 6 rings (SSSR count). The standard InChI is InChI=1S/C35H43N7O2/c1-4-32(43)42-19-18-41(23-28(42)14-16-36)34-29-15-17-40(31-13-7-12-27-11-5-8-25(2)33(27)31)24-30(29)37-35(38-34)44-21-20-39(3)22-26-9-6-10-26/h4-5,7-8,11-13,26,28H,1,6,9-10,14-15,17-24H2,2-3H3/t28-/m0/s1. The van der Waals surface area contributed by atoms with E-state index in [1.54, 1.807) is 4.90 Å². The van der Waals surface area contributed by atoms with Crippen molar-refractivity contribution in [3.05, 3.63) is 65.9 Å². The van der Waals surface area contributed by atoms with Crippen molar-refractivity contribution < 1.29 is 9.53 Å². The van der Waals surface area contributed by atoms with Crippen LogP contribution in [0, 0.1) is 24.2 Å². The molecule has 9 heteroatoms. The number of amides is 1. The number of rotatable bonds is 10. The molecule has 2 fully saturated rings. The highest BCUT2D eigenvalue weighted by Gasteiger charge is 2.33. The number of hydrogen-bond acceptors (Lipinski definition) is 8. The molecule has 0 N–H and O–H groups in total. The summed E-state index contributed by atoms with van der Waals surface area (Å²) in [6, 6.07) is 15.4. The minimum Gasteiger partial charge on any atom is -0.462 e. The minimum absolute atomic E-state index is 0.134. The van der Waals surface area contributed by atoms with Crippen molar-refractivity contribution in [1.82, 2.24) is 19.8 Å². The topological polar surface area (TPSA) is 88.8 Å². The van der Waals surface area contributed by atoms with Crippen LogP contribution in [0.1, 0.15) is 42.5 Å². The van der Waals surface area contributed by atoms with Crippen molar-refractivity contribution in [3.63, 3.8) is 0 Å². The second kappa shape index (κ2) is 13.2. The van der Waals surface area contributed by atoms with E-state index < -0.39 is 0 Å². The van der Waals surface area contributed by atoms with Crippen LogP contribution in [0.15, 0.2) is 49.1 Å². The molecule has 3 aliphatic rings. The lowest BCUT2D eigenvalue weighted by atomic mass is 9.85. The van der Waals surface area contributed by atoms with Crippen molar-refractivity contribution in [3.8, 4) is 12.1 Å². The van der Waals surface area contributed by atoms with Gasteiger partial charge in [0.25, 0.3) is 0 Å². The Bertz CT molecular complexity index is 1560. The second-order valence-corrected chi connectivity index (χ2v) is 12.5. The SMILES string of the molecule is C=CC(=O)N1CCN(c2nc(OCCN(C)CC3CCC3)nc3c2CCN(c2cccc4cccc(C)c24)C3)C[C@@H]1CC#N. The zero-order valence-corrected chi connectivity index (χ0v) is 26.0. The number of aryl methyl sites for hydroxylation is 1. The fourth-order valence-corrected chi connectivity index (χ4v) is 6.92. The Morgan fingerprint density at radius 1 is 1.16 bits per heavy atom. The van der Waals surface area contributed by atoms with Crippen molar-refractivity contribution in [2.45, 2.75) is 51.6 Å². The normalized spacial score (nSPS) is 18.6. The molecule has 1 atom stereocenters. The van der Waals surface area contributed by atoms with Gasteiger partial charge in [-0.2, -0.15) is 15.2 Å². The summed E-state index contributed by atoms with van der Waals surface area (Å²) < 4.78 is 6.25. The number of hydrogen-bond donors (Lipinski definition) is 0. The zero-order valence-electron chi connectivity index (χ0n) is 26.0. The van der Waals surface area contributed by atoms with Gasteiger partial charge in [-0.3, -0.25) is 4.79 Å². The van der Waals surface area contributed by atoms with Gasteiger partial charge in [0.05, 0.1) is 30.8 Å². The number of nitriles is 1. The van der Waals surface area contributed by atoms with Gasteiger partial charge >= 0.3 is 6.01 Å². The fourth-order valence-electron chi connectivity index (χ4n) is 6.92. The summed E-state index contributed by atoms with van der Waals surface area (Å²) in [6.07, 6.45) is 6.40. The Morgan fingerprint density at radius 3 is 2.73 bits per heavy atom. The summed E-state index contributed by atoms with van der Waals surface area (Å²) in [5, 5.41) is 12.1. The largest absolute Gasteiger partial charge is 0.462 e. The van der Waals surface area contributed by atoms with Crippen LogP contribution in [0.2, 0.25) is 0 Å². The maximum Gasteiger partial charge on any atom is 0.318 e. The van der Waals surface area contributed by atoms with Crippen LogP contribution in [0.4, 0.5) is 11.5 Å². The number of anilines is 2. The van der Waals surface area contributed by atoms with E-state index in [4.69, 9.17) is 14.7 Å². The van der Waals surface area contributed by atoms with Crippen LogP contribution in [0.3, 0.4) is 0 Å². The monoisotopic (exact) mass is 593 g/mol. The molecule has 0 unspecified atom stereocenters. The molecule has 2 aromatic carbocycles. The number of piperazine rings is 1. The molecule has 230 valence electrons. The van der Waals surface area contributed by atoms with E-state index in [1.165, 1.54) is 47.4 Å². The number of carbonyl (C=O) groups is 1. The summed E-state index contributed by atoms with van der Waals surface area (Å²) in [6.45, 7) is 11.5. The first-order valence-corrected chi connectivity index (χ1v) is 15.9. The molecule has 3 heterocycles. The van der Waals surface area contributed by atoms with Gasteiger partial charge in [0, 0.05) is 55.9 Å². The Labute approximate surface area is 260 Å². The highest BCUT2D eigenvalue weighted by molar-refractivity contribution is 5.97. The third-order valence-electron chi connectivity index (χ3n) is 9.52. The van der Waals surface area contributed by atoms with E-state index in [1.807, 2.05) is 0 Å². The first-order valence-electron chi connectivity index (χ1n) is 15.9. The fraction of sp³-hybridized carbons (Fsp3) is 0.486. The first kappa shape index (κ1) is 29.9. The number of likely N-dealkylation sites (N-methyl/N-ethyl adjacent to an activating group) is 1. The Balaban J connectivity index is 1.28. The molecule has 0 radical (unpaired) electrons. The number of nitrogens with zero attached hydrogens (tertiary/aromatic N) is 7. The van der Waals surface area contributed by atoms with Crippen molar-refractivity contribution in [1.29, 1.82) is 5.26 Å². The molecule has 1 aliphatic carbocycles. The molecule has 3 aromatic rings. The number of ether oxygens (including phenoxy) is 1. The molecule has 44 heavy (non-hydrogen) atoms. The third-order valence-corrected chi connectivity index (χ3v) is 9.52. The molecule has 1 aromatic heterocycles. The van der Waals surface area contributed by atoms with Crippen molar-refractivity contribution in [2.75, 3.05) is 62.7 Å². The second-order valence-electron chi connectivity index (χ2n) is 12.5. The van der Waals surface area contributed by atoms with Crippen LogP contribution in [-0.4, -0.2) is 84.6 Å². The molecule has 0 bridgehead atoms. The van der Waals surface area contributed by atoms with Gasteiger partial charge in [-0.25, -0.2) is 0 Å². The highest BCUT2D eigenvalue weighted by Crippen LogP contribution is 2.36. The predicted octanol–water partition coefficient (Wildman–Crippen LogP) is 4.73. The lowest BCUT2D eigenvalue weighted by Gasteiger charge is -2.42. The quantitative estimate of drug-likeness (QED) is 0.312. The van der Waals surface area contributed by atoms with Crippen LogP contribution < -0.4 is 14.5 Å². The van der Waals surface area contributed by atoms with Crippen LogP contribution in [0.25, 0.3) is 10.8 Å². The van der Waals surface area contributed by atoms with Gasteiger partial charge in [-0.15, -0.1) is 0 Å². The van der Waals surface area contributed by atoms with E-state index in [9.17, 15) is 10.1 Å². The maximum absolute atomic E-state index is 12.6. The van der Waals surface area contributed by atoms with E-state index >= 15 is 0 Å². The summed E-state index contributed by atoms with van der Waals surface area (Å²) in [4.78, 5) is 31.3. The van der Waals surface area contributed by atoms with Gasteiger partial charge in [-0.05, 0) is 62.2 Å². The predicted molar refractivity (Wildman–Crippen MR) is 174 cm³/mol. The molecule has 1 saturated heterocycles. The Hall–Kier alpha value is -4.16. The summed E-state index contributed by atoms with van der Waals surface area (Å²) in [5.41, 5.74) is 4.59. The Kier molecular flexibility index (Phi) is 8.99. The van der Waals surface area contributed by atoms with Crippen LogP contribution in [0.5, 0.6) is 6.01 Å². The highest BCUT2D eigenvalue weighted by atomic mass is 16.5. The average molecular weight is 594 g/mol. The minimum atomic E-state index is -0.229. The molecule has 0 spiro atoms.